The first-order valence-corrected chi connectivity index (χ1v) is 11.6. The molecule has 13 heteroatoms. The molecule has 0 fully saturated rings. The van der Waals surface area contributed by atoms with E-state index in [4.69, 9.17) is 17.3 Å². The molecule has 0 aliphatic carbocycles. The SMILES string of the molecule is C[C@H](NC(=O)c1ccnc(Cl)n1)c1nc(-c2ccc(C(=O)Nc3ccccn3)c(F)c2)c2c(N)nccn12. The van der Waals surface area contributed by atoms with Gasteiger partial charge in [0, 0.05) is 30.4 Å². The molecular weight excluding hydrogens is 513 g/mol. The van der Waals surface area contributed by atoms with Gasteiger partial charge in [0.15, 0.2) is 0 Å². The van der Waals surface area contributed by atoms with E-state index < -0.39 is 23.7 Å². The average Bonchev–Trinajstić information content (AvgIpc) is 3.30. The summed E-state index contributed by atoms with van der Waals surface area (Å²) in [5.74, 6) is -1.04. The maximum absolute atomic E-state index is 15.1. The highest BCUT2D eigenvalue weighted by Crippen LogP contribution is 2.31. The van der Waals surface area contributed by atoms with E-state index in [1.807, 2.05) is 0 Å². The lowest BCUT2D eigenvalue weighted by molar-refractivity contribution is 0.0932. The summed E-state index contributed by atoms with van der Waals surface area (Å²) in [4.78, 5) is 45.8. The van der Waals surface area contributed by atoms with Crippen molar-refractivity contribution in [1.82, 2.24) is 34.6 Å². The van der Waals surface area contributed by atoms with E-state index >= 15 is 4.39 Å². The van der Waals surface area contributed by atoms with E-state index in [2.05, 4.69) is 35.6 Å². The fraction of sp³-hybridized carbons (Fsp3) is 0.0800. The van der Waals surface area contributed by atoms with Crippen molar-refractivity contribution in [3.05, 3.63) is 95.4 Å². The Balaban J connectivity index is 1.48. The number of amides is 2. The number of nitrogens with zero attached hydrogens (tertiary/aromatic N) is 6. The second-order valence-electron chi connectivity index (χ2n) is 8.12. The van der Waals surface area contributed by atoms with Crippen molar-refractivity contribution in [2.75, 3.05) is 11.1 Å². The van der Waals surface area contributed by atoms with Gasteiger partial charge in [-0.1, -0.05) is 12.1 Å². The second kappa shape index (κ2) is 10.2. The van der Waals surface area contributed by atoms with Gasteiger partial charge in [-0.05, 0) is 48.9 Å². The third-order valence-corrected chi connectivity index (χ3v) is 5.78. The van der Waals surface area contributed by atoms with Gasteiger partial charge in [0.25, 0.3) is 11.8 Å². The van der Waals surface area contributed by atoms with Crippen LogP contribution in [0.3, 0.4) is 0 Å². The van der Waals surface area contributed by atoms with Crippen LogP contribution in [0.4, 0.5) is 16.0 Å². The number of rotatable bonds is 6. The summed E-state index contributed by atoms with van der Waals surface area (Å²) in [6, 6.07) is 9.91. The van der Waals surface area contributed by atoms with Gasteiger partial charge < -0.3 is 16.4 Å². The van der Waals surface area contributed by atoms with Gasteiger partial charge in [-0.2, -0.15) is 0 Å². The largest absolute Gasteiger partial charge is 0.382 e. The number of carbonyl (C=O) groups is 2. The summed E-state index contributed by atoms with van der Waals surface area (Å²) >= 11 is 5.79. The number of fused-ring (bicyclic) bond motifs is 1. The summed E-state index contributed by atoms with van der Waals surface area (Å²) < 4.78 is 16.8. The van der Waals surface area contributed by atoms with E-state index in [-0.39, 0.29) is 22.4 Å². The zero-order valence-corrected chi connectivity index (χ0v) is 20.5. The molecule has 0 radical (unpaired) electrons. The van der Waals surface area contributed by atoms with Crippen LogP contribution >= 0.6 is 11.6 Å². The van der Waals surface area contributed by atoms with Gasteiger partial charge >= 0.3 is 0 Å². The molecule has 0 aliphatic heterocycles. The Kier molecular flexibility index (Phi) is 6.62. The molecule has 0 unspecified atom stereocenters. The van der Waals surface area contributed by atoms with Crippen LogP contribution in [0.15, 0.2) is 67.3 Å². The Bertz CT molecular complexity index is 1680. The first kappa shape index (κ1) is 24.7. The van der Waals surface area contributed by atoms with Crippen LogP contribution in [0, 0.1) is 5.82 Å². The van der Waals surface area contributed by atoms with Gasteiger partial charge in [-0.3, -0.25) is 14.0 Å². The van der Waals surface area contributed by atoms with Gasteiger partial charge in [0.2, 0.25) is 5.28 Å². The van der Waals surface area contributed by atoms with Crippen LogP contribution in [0.25, 0.3) is 16.8 Å². The van der Waals surface area contributed by atoms with Crippen molar-refractivity contribution >= 4 is 40.6 Å². The normalized spacial score (nSPS) is 11.8. The van der Waals surface area contributed by atoms with Gasteiger partial charge in [-0.25, -0.2) is 29.3 Å². The Morgan fingerprint density at radius 3 is 2.61 bits per heavy atom. The van der Waals surface area contributed by atoms with Crippen molar-refractivity contribution in [2.24, 2.45) is 0 Å². The Hall–Kier alpha value is -4.97. The molecule has 4 heterocycles. The molecule has 5 rings (SSSR count). The topological polar surface area (TPSA) is 153 Å². The number of carbonyl (C=O) groups excluding carboxylic acids is 2. The fourth-order valence-corrected chi connectivity index (χ4v) is 4.00. The highest BCUT2D eigenvalue weighted by Gasteiger charge is 2.23. The van der Waals surface area contributed by atoms with Crippen LogP contribution in [0.2, 0.25) is 5.28 Å². The molecule has 2 amide bonds. The molecule has 0 saturated heterocycles. The summed E-state index contributed by atoms with van der Waals surface area (Å²) in [6.07, 6.45) is 6.01. The van der Waals surface area contributed by atoms with Crippen LogP contribution in [-0.2, 0) is 0 Å². The Morgan fingerprint density at radius 1 is 1.03 bits per heavy atom. The summed E-state index contributed by atoms with van der Waals surface area (Å²) in [5, 5.41) is 5.30. The first-order valence-electron chi connectivity index (χ1n) is 11.3. The number of aromatic nitrogens is 6. The number of halogens is 2. The zero-order chi connectivity index (χ0) is 26.8. The molecule has 0 spiro atoms. The molecule has 190 valence electrons. The van der Waals surface area contributed by atoms with Crippen LogP contribution in [0.1, 0.15) is 39.6 Å². The molecule has 38 heavy (non-hydrogen) atoms. The average molecular weight is 532 g/mol. The summed E-state index contributed by atoms with van der Waals surface area (Å²) in [7, 11) is 0. The maximum Gasteiger partial charge on any atom is 0.270 e. The predicted molar refractivity (Wildman–Crippen MR) is 138 cm³/mol. The molecule has 0 saturated carbocycles. The number of pyridine rings is 1. The smallest absolute Gasteiger partial charge is 0.270 e. The number of nitrogens with two attached hydrogens (primary N) is 1. The zero-order valence-electron chi connectivity index (χ0n) is 19.8. The minimum Gasteiger partial charge on any atom is -0.382 e. The van der Waals surface area contributed by atoms with Crippen LogP contribution in [0.5, 0.6) is 0 Å². The van der Waals surface area contributed by atoms with E-state index in [1.165, 1.54) is 36.8 Å². The molecule has 5 aromatic rings. The molecule has 4 aromatic heterocycles. The monoisotopic (exact) mass is 531 g/mol. The second-order valence-corrected chi connectivity index (χ2v) is 8.46. The van der Waals surface area contributed by atoms with Crippen molar-refractivity contribution in [1.29, 1.82) is 0 Å². The van der Waals surface area contributed by atoms with Crippen molar-refractivity contribution in [2.45, 2.75) is 13.0 Å². The van der Waals surface area contributed by atoms with Crippen LogP contribution in [-0.4, -0.2) is 41.1 Å². The number of benzene rings is 1. The number of hydrogen-bond donors (Lipinski definition) is 3. The molecule has 4 N–H and O–H groups in total. The first-order chi connectivity index (χ1) is 18.3. The number of anilines is 2. The molecule has 0 aliphatic rings. The van der Waals surface area contributed by atoms with E-state index in [0.29, 0.717) is 28.4 Å². The number of imidazole rings is 1. The van der Waals surface area contributed by atoms with Gasteiger partial charge in [0.05, 0.1) is 11.6 Å². The van der Waals surface area contributed by atoms with Gasteiger partial charge in [0.1, 0.15) is 40.2 Å². The molecule has 1 atom stereocenters. The minimum atomic E-state index is -0.761. The molecular formula is C25H19ClFN9O2. The third kappa shape index (κ3) is 4.84. The predicted octanol–water partition coefficient (Wildman–Crippen LogP) is 3.70. The number of nitrogens with one attached hydrogen (secondary N) is 2. The van der Waals surface area contributed by atoms with Crippen molar-refractivity contribution in [3.8, 4) is 11.3 Å². The van der Waals surface area contributed by atoms with Crippen molar-refractivity contribution < 1.29 is 14.0 Å². The highest BCUT2D eigenvalue weighted by atomic mass is 35.5. The third-order valence-electron chi connectivity index (χ3n) is 5.60. The minimum absolute atomic E-state index is 0.0584. The lowest BCUT2D eigenvalue weighted by atomic mass is 10.1. The standard InChI is InChI=1S/C25H19ClFN9O2/c1-13(32-24(38)17-7-9-31-25(26)33-17)22-35-19(20-21(28)30-10-11-36(20)22)14-5-6-15(16(27)12-14)23(37)34-18-4-2-3-8-29-18/h2-13H,1H3,(H2,28,30)(H,32,38)(H,29,34,37)/t13-/m0/s1. The van der Waals surface area contributed by atoms with Gasteiger partial charge in [-0.15, -0.1) is 0 Å². The maximum atomic E-state index is 15.1. The molecule has 11 nitrogen and oxygen atoms in total. The van der Waals surface area contributed by atoms with E-state index in [1.54, 1.807) is 41.8 Å². The Morgan fingerprint density at radius 2 is 1.87 bits per heavy atom. The lowest BCUT2D eigenvalue weighted by Gasteiger charge is -2.13. The van der Waals surface area contributed by atoms with E-state index in [9.17, 15) is 9.59 Å². The highest BCUT2D eigenvalue weighted by molar-refractivity contribution is 6.28. The summed E-state index contributed by atoms with van der Waals surface area (Å²) in [6.45, 7) is 1.72. The molecule has 0 bridgehead atoms. The quantitative estimate of drug-likeness (QED) is 0.280. The Labute approximate surface area is 220 Å². The summed E-state index contributed by atoms with van der Waals surface area (Å²) in [5.41, 5.74) is 7.18. The number of nitrogen functional groups attached to an aromatic ring is 1. The van der Waals surface area contributed by atoms with Crippen LogP contribution < -0.4 is 16.4 Å². The lowest BCUT2D eigenvalue weighted by Crippen LogP contribution is -2.28. The fourth-order valence-electron chi connectivity index (χ4n) is 3.86. The number of hydrogen-bond acceptors (Lipinski definition) is 8. The molecule has 1 aromatic carbocycles. The van der Waals surface area contributed by atoms with Crippen molar-refractivity contribution in [3.63, 3.8) is 0 Å². The van der Waals surface area contributed by atoms with E-state index in [0.717, 1.165) is 0 Å².